The number of benzene rings is 1. The summed E-state index contributed by atoms with van der Waals surface area (Å²) in [5, 5.41) is 3.57. The summed E-state index contributed by atoms with van der Waals surface area (Å²) in [4.78, 5) is 11.9. The summed E-state index contributed by atoms with van der Waals surface area (Å²) in [5.74, 6) is 0.515. The van der Waals surface area contributed by atoms with Crippen LogP contribution < -0.4 is 5.32 Å². The largest absolute Gasteiger partial charge is 0.352 e. The molecule has 1 aromatic carbocycles. The fourth-order valence-corrected chi connectivity index (χ4v) is 2.07. The summed E-state index contributed by atoms with van der Waals surface area (Å²) in [6.07, 6.45) is 2.18. The summed E-state index contributed by atoms with van der Waals surface area (Å²) in [6.45, 7) is 6.95. The normalized spacial score (nSPS) is 10.6. The molecular weight excluding hydrogens is 234 g/mol. The summed E-state index contributed by atoms with van der Waals surface area (Å²) in [5.41, 5.74) is 1.64. The average molecular weight is 254 g/mol. The molecule has 0 aliphatic rings. The van der Waals surface area contributed by atoms with Gasteiger partial charge in [0.15, 0.2) is 0 Å². The van der Waals surface area contributed by atoms with Crippen molar-refractivity contribution in [2.45, 2.75) is 33.6 Å². The summed E-state index contributed by atoms with van der Waals surface area (Å²) < 4.78 is 0. The molecular formula is C14H20ClNO. The molecule has 0 saturated heterocycles. The van der Waals surface area contributed by atoms with Crippen LogP contribution in [0, 0.1) is 12.8 Å². The molecule has 0 fully saturated rings. The van der Waals surface area contributed by atoms with Crippen molar-refractivity contribution in [1.29, 1.82) is 0 Å². The highest BCUT2D eigenvalue weighted by atomic mass is 35.5. The van der Waals surface area contributed by atoms with Gasteiger partial charge in [-0.1, -0.05) is 38.3 Å². The van der Waals surface area contributed by atoms with E-state index in [4.69, 9.17) is 11.6 Å². The van der Waals surface area contributed by atoms with Crippen molar-refractivity contribution in [2.24, 2.45) is 5.92 Å². The number of nitrogens with one attached hydrogen (secondary N) is 1. The summed E-state index contributed by atoms with van der Waals surface area (Å²) >= 11 is 5.93. The second kappa shape index (κ2) is 6.65. The minimum atomic E-state index is -0.0394. The highest BCUT2D eigenvalue weighted by Crippen LogP contribution is 2.14. The Bertz CT molecular complexity index is 366. The molecule has 0 heterocycles. The monoisotopic (exact) mass is 253 g/mol. The van der Waals surface area contributed by atoms with Gasteiger partial charge in [-0.15, -0.1) is 0 Å². The first-order valence-corrected chi connectivity index (χ1v) is 6.50. The van der Waals surface area contributed by atoms with Gasteiger partial charge in [-0.25, -0.2) is 0 Å². The van der Waals surface area contributed by atoms with Crippen LogP contribution in [0.2, 0.25) is 5.02 Å². The van der Waals surface area contributed by atoms with Gasteiger partial charge in [-0.2, -0.15) is 0 Å². The zero-order chi connectivity index (χ0) is 12.8. The minimum absolute atomic E-state index is 0.0394. The van der Waals surface area contributed by atoms with Crippen molar-refractivity contribution in [3.8, 4) is 0 Å². The van der Waals surface area contributed by atoms with E-state index in [-0.39, 0.29) is 5.91 Å². The standard InChI is InChI=1S/C14H20ClNO/c1-4-11(5-2)9-16-14(17)12-6-10(3)7-13(15)8-12/h6-8,11H,4-5,9H2,1-3H3,(H,16,17). The second-order valence-corrected chi connectivity index (χ2v) is 4.85. The molecule has 0 bridgehead atoms. The molecule has 0 saturated carbocycles. The smallest absolute Gasteiger partial charge is 0.251 e. The number of carbonyl (C=O) groups is 1. The van der Waals surface area contributed by atoms with Crippen LogP contribution in [0.15, 0.2) is 18.2 Å². The SMILES string of the molecule is CCC(CC)CNC(=O)c1cc(C)cc(Cl)c1. The Morgan fingerprint density at radius 1 is 1.29 bits per heavy atom. The van der Waals surface area contributed by atoms with Crippen molar-refractivity contribution < 1.29 is 4.79 Å². The van der Waals surface area contributed by atoms with Crippen molar-refractivity contribution in [1.82, 2.24) is 5.32 Å². The molecule has 1 aromatic rings. The Balaban J connectivity index is 2.63. The lowest BCUT2D eigenvalue weighted by Gasteiger charge is -2.13. The molecule has 0 radical (unpaired) electrons. The Morgan fingerprint density at radius 2 is 1.94 bits per heavy atom. The topological polar surface area (TPSA) is 29.1 Å². The van der Waals surface area contributed by atoms with Crippen molar-refractivity contribution in [3.05, 3.63) is 34.3 Å². The zero-order valence-corrected chi connectivity index (χ0v) is 11.5. The summed E-state index contributed by atoms with van der Waals surface area (Å²) in [6, 6.07) is 5.41. The maximum Gasteiger partial charge on any atom is 0.251 e. The highest BCUT2D eigenvalue weighted by Gasteiger charge is 2.09. The number of aryl methyl sites for hydroxylation is 1. The molecule has 0 aliphatic carbocycles. The van der Waals surface area contributed by atoms with Crippen LogP contribution in [0.3, 0.4) is 0 Å². The van der Waals surface area contributed by atoms with Crippen LogP contribution in [-0.2, 0) is 0 Å². The van der Waals surface area contributed by atoms with Crippen molar-refractivity contribution in [2.75, 3.05) is 6.54 Å². The van der Waals surface area contributed by atoms with Crippen LogP contribution in [0.4, 0.5) is 0 Å². The maximum atomic E-state index is 11.9. The Labute approximate surface area is 108 Å². The van der Waals surface area contributed by atoms with Crippen molar-refractivity contribution in [3.63, 3.8) is 0 Å². The number of carbonyl (C=O) groups excluding carboxylic acids is 1. The first-order chi connectivity index (χ1) is 8.06. The third-order valence-electron chi connectivity index (χ3n) is 3.01. The molecule has 1 rings (SSSR count). The predicted molar refractivity (Wildman–Crippen MR) is 72.6 cm³/mol. The van der Waals surface area contributed by atoms with Gasteiger partial charge in [0.25, 0.3) is 5.91 Å². The third-order valence-corrected chi connectivity index (χ3v) is 3.23. The zero-order valence-electron chi connectivity index (χ0n) is 10.7. The molecule has 2 nitrogen and oxygen atoms in total. The van der Waals surface area contributed by atoms with Crippen LogP contribution >= 0.6 is 11.6 Å². The van der Waals surface area contributed by atoms with E-state index in [1.165, 1.54) is 0 Å². The van der Waals surface area contributed by atoms with E-state index in [0.717, 1.165) is 24.9 Å². The lowest BCUT2D eigenvalue weighted by molar-refractivity contribution is 0.0946. The van der Waals surface area contributed by atoms with E-state index < -0.39 is 0 Å². The fraction of sp³-hybridized carbons (Fsp3) is 0.500. The number of rotatable bonds is 5. The van der Waals surface area contributed by atoms with Gasteiger partial charge in [0.2, 0.25) is 0 Å². The summed E-state index contributed by atoms with van der Waals surface area (Å²) in [7, 11) is 0. The first-order valence-electron chi connectivity index (χ1n) is 6.12. The number of hydrogen-bond acceptors (Lipinski definition) is 1. The Kier molecular flexibility index (Phi) is 5.49. The molecule has 0 atom stereocenters. The molecule has 0 aliphatic heterocycles. The molecule has 0 spiro atoms. The van der Waals surface area contributed by atoms with Gasteiger partial charge in [-0.05, 0) is 36.6 Å². The minimum Gasteiger partial charge on any atom is -0.352 e. The quantitative estimate of drug-likeness (QED) is 0.849. The Hall–Kier alpha value is -1.02. The molecule has 3 heteroatoms. The number of halogens is 1. The highest BCUT2D eigenvalue weighted by molar-refractivity contribution is 6.31. The third kappa shape index (κ3) is 4.39. The van der Waals surface area contributed by atoms with Gasteiger partial charge >= 0.3 is 0 Å². The second-order valence-electron chi connectivity index (χ2n) is 4.41. The van der Waals surface area contributed by atoms with E-state index >= 15 is 0 Å². The van der Waals surface area contributed by atoms with Crippen LogP contribution in [0.25, 0.3) is 0 Å². The van der Waals surface area contributed by atoms with E-state index in [2.05, 4.69) is 19.2 Å². The lowest BCUT2D eigenvalue weighted by atomic mass is 10.0. The molecule has 1 N–H and O–H groups in total. The first kappa shape index (κ1) is 14.0. The number of hydrogen-bond donors (Lipinski definition) is 1. The van der Waals surface area contributed by atoms with Gasteiger partial charge in [0.05, 0.1) is 0 Å². The predicted octanol–water partition coefficient (Wildman–Crippen LogP) is 3.81. The van der Waals surface area contributed by atoms with E-state index in [1.807, 2.05) is 19.1 Å². The molecule has 0 unspecified atom stereocenters. The van der Waals surface area contributed by atoms with Gasteiger partial charge in [0, 0.05) is 17.1 Å². The van der Waals surface area contributed by atoms with E-state index in [1.54, 1.807) is 6.07 Å². The number of amides is 1. The molecule has 1 amide bonds. The molecule has 0 aromatic heterocycles. The van der Waals surface area contributed by atoms with E-state index in [0.29, 0.717) is 16.5 Å². The fourth-order valence-electron chi connectivity index (χ4n) is 1.78. The van der Waals surface area contributed by atoms with Crippen LogP contribution in [0.1, 0.15) is 42.6 Å². The Morgan fingerprint density at radius 3 is 2.47 bits per heavy atom. The van der Waals surface area contributed by atoms with Gasteiger partial charge in [0.1, 0.15) is 0 Å². The molecule has 17 heavy (non-hydrogen) atoms. The van der Waals surface area contributed by atoms with Gasteiger partial charge in [-0.3, -0.25) is 4.79 Å². The van der Waals surface area contributed by atoms with Gasteiger partial charge < -0.3 is 5.32 Å². The van der Waals surface area contributed by atoms with Crippen LogP contribution in [0.5, 0.6) is 0 Å². The maximum absolute atomic E-state index is 11.9. The lowest BCUT2D eigenvalue weighted by Crippen LogP contribution is -2.28. The van der Waals surface area contributed by atoms with Crippen LogP contribution in [-0.4, -0.2) is 12.5 Å². The van der Waals surface area contributed by atoms with Crippen molar-refractivity contribution >= 4 is 17.5 Å². The molecule has 94 valence electrons. The van der Waals surface area contributed by atoms with E-state index in [9.17, 15) is 4.79 Å². The average Bonchev–Trinajstić information content (AvgIpc) is 2.28.